The molecule has 0 unspecified atom stereocenters. The van der Waals surface area contributed by atoms with E-state index in [9.17, 15) is 13.2 Å². The number of thiocarbonyl (C=S) groups is 1. The number of carbonyl (C=O) groups excluding carboxylic acids is 1. The van der Waals surface area contributed by atoms with Gasteiger partial charge in [0.05, 0.1) is 21.7 Å². The number of nitrogens with one attached hydrogen (secondary N) is 3. The van der Waals surface area contributed by atoms with E-state index in [4.69, 9.17) is 17.0 Å². The number of anilines is 2. The van der Waals surface area contributed by atoms with Gasteiger partial charge in [0.15, 0.2) is 5.11 Å². The highest BCUT2D eigenvalue weighted by Crippen LogP contribution is 2.26. The van der Waals surface area contributed by atoms with E-state index in [1.165, 1.54) is 17.7 Å². The molecule has 40 heavy (non-hydrogen) atoms. The zero-order valence-corrected chi connectivity index (χ0v) is 25.1. The van der Waals surface area contributed by atoms with Gasteiger partial charge < -0.3 is 10.1 Å². The number of halogens is 1. The van der Waals surface area contributed by atoms with Crippen molar-refractivity contribution in [2.75, 3.05) is 16.6 Å². The van der Waals surface area contributed by atoms with Gasteiger partial charge in [-0.1, -0.05) is 48.0 Å². The molecule has 0 fully saturated rings. The van der Waals surface area contributed by atoms with Crippen LogP contribution >= 0.6 is 28.1 Å². The first-order valence-electron chi connectivity index (χ1n) is 12.4. The third-order valence-corrected chi connectivity index (χ3v) is 8.17. The first-order valence-corrected chi connectivity index (χ1v) is 15.1. The second kappa shape index (κ2) is 13.1. The summed E-state index contributed by atoms with van der Waals surface area (Å²) in [6.07, 6.45) is 0.769. The van der Waals surface area contributed by atoms with Gasteiger partial charge >= 0.3 is 0 Å². The van der Waals surface area contributed by atoms with Crippen molar-refractivity contribution >= 4 is 60.6 Å². The molecule has 10 heteroatoms. The van der Waals surface area contributed by atoms with Crippen molar-refractivity contribution in [2.45, 2.75) is 25.2 Å². The van der Waals surface area contributed by atoms with E-state index < -0.39 is 15.9 Å². The molecule has 0 aliphatic heterocycles. The average molecular weight is 639 g/mol. The smallest absolute Gasteiger partial charge is 0.261 e. The summed E-state index contributed by atoms with van der Waals surface area (Å²) in [6.45, 7) is 4.30. The SMILES string of the molecule is Cc1ccc(NS(=O)(=O)c2ccc(NC(=S)NC(=O)c3ccc(OCCc4ccccc4)c(Br)c3)cc2)c(C)c1. The lowest BCUT2D eigenvalue weighted by molar-refractivity contribution is 0.0977. The monoisotopic (exact) mass is 637 g/mol. The molecule has 4 aromatic carbocycles. The van der Waals surface area contributed by atoms with Crippen LogP contribution in [0, 0.1) is 13.8 Å². The van der Waals surface area contributed by atoms with Gasteiger partial charge in [-0.05, 0) is 102 Å². The van der Waals surface area contributed by atoms with Crippen LogP contribution in [0.1, 0.15) is 27.0 Å². The van der Waals surface area contributed by atoms with Crippen molar-refractivity contribution in [2.24, 2.45) is 0 Å². The van der Waals surface area contributed by atoms with Crippen molar-refractivity contribution in [3.05, 3.63) is 118 Å². The molecule has 4 aromatic rings. The highest BCUT2D eigenvalue weighted by atomic mass is 79.9. The highest BCUT2D eigenvalue weighted by molar-refractivity contribution is 9.10. The van der Waals surface area contributed by atoms with Crippen molar-refractivity contribution < 1.29 is 17.9 Å². The second-order valence-corrected chi connectivity index (χ2v) is 12.0. The van der Waals surface area contributed by atoms with Crippen LogP contribution in [0.3, 0.4) is 0 Å². The third kappa shape index (κ3) is 7.91. The number of hydrogen-bond donors (Lipinski definition) is 3. The summed E-state index contributed by atoms with van der Waals surface area (Å²) < 4.78 is 34.8. The molecule has 0 aliphatic rings. The predicted octanol–water partition coefficient (Wildman–Crippen LogP) is 6.62. The Morgan fingerprint density at radius 3 is 2.33 bits per heavy atom. The van der Waals surface area contributed by atoms with E-state index in [1.807, 2.05) is 56.3 Å². The molecule has 0 heterocycles. The normalized spacial score (nSPS) is 11.0. The lowest BCUT2D eigenvalue weighted by Gasteiger charge is -2.13. The van der Waals surface area contributed by atoms with Gasteiger partial charge in [-0.25, -0.2) is 8.42 Å². The molecule has 0 radical (unpaired) electrons. The van der Waals surface area contributed by atoms with E-state index in [1.54, 1.807) is 36.4 Å². The Morgan fingerprint density at radius 2 is 1.65 bits per heavy atom. The Balaban J connectivity index is 1.30. The molecule has 0 saturated heterocycles. The van der Waals surface area contributed by atoms with Crippen LogP contribution in [-0.2, 0) is 16.4 Å². The summed E-state index contributed by atoms with van der Waals surface area (Å²) in [5.41, 5.74) is 4.51. The molecule has 0 saturated carbocycles. The molecule has 0 atom stereocenters. The molecule has 0 aromatic heterocycles. The van der Waals surface area contributed by atoms with E-state index in [0.717, 1.165) is 17.5 Å². The molecule has 7 nitrogen and oxygen atoms in total. The standard InChI is InChI=1S/C30H28BrN3O4S2/c1-20-8-14-27(21(2)18-20)34-40(36,37)25-12-10-24(11-13-25)32-30(39)33-29(35)23-9-15-28(26(31)19-23)38-17-16-22-6-4-3-5-7-22/h3-15,18-19,34H,16-17H2,1-2H3,(H2,32,33,35,39). The quantitative estimate of drug-likeness (QED) is 0.179. The minimum Gasteiger partial charge on any atom is -0.492 e. The van der Waals surface area contributed by atoms with Gasteiger partial charge in [0.1, 0.15) is 5.75 Å². The Hall–Kier alpha value is -3.73. The van der Waals surface area contributed by atoms with Gasteiger partial charge in [0.25, 0.3) is 15.9 Å². The number of rotatable bonds is 9. The number of amides is 1. The third-order valence-electron chi connectivity index (χ3n) is 5.96. The molecule has 206 valence electrons. The van der Waals surface area contributed by atoms with Crippen LogP contribution in [-0.4, -0.2) is 26.0 Å². The van der Waals surface area contributed by atoms with Gasteiger partial charge in [-0.2, -0.15) is 0 Å². The fourth-order valence-corrected chi connectivity index (χ4v) is 5.70. The summed E-state index contributed by atoms with van der Waals surface area (Å²) in [6, 6.07) is 26.7. The number of carbonyl (C=O) groups is 1. The molecule has 3 N–H and O–H groups in total. The molecule has 0 aliphatic carbocycles. The van der Waals surface area contributed by atoms with Gasteiger partial charge in [-0.15, -0.1) is 0 Å². The number of hydrogen-bond acceptors (Lipinski definition) is 5. The van der Waals surface area contributed by atoms with Gasteiger partial charge in [0.2, 0.25) is 0 Å². The van der Waals surface area contributed by atoms with Crippen LogP contribution in [0.4, 0.5) is 11.4 Å². The second-order valence-electron chi connectivity index (χ2n) is 9.09. The number of sulfonamides is 1. The molecular formula is C30H28BrN3O4S2. The molecule has 1 amide bonds. The van der Waals surface area contributed by atoms with Crippen molar-refractivity contribution in [3.63, 3.8) is 0 Å². The van der Waals surface area contributed by atoms with E-state index in [-0.39, 0.29) is 10.0 Å². The van der Waals surface area contributed by atoms with Crippen LogP contribution < -0.4 is 20.1 Å². The highest BCUT2D eigenvalue weighted by Gasteiger charge is 2.16. The van der Waals surface area contributed by atoms with Gasteiger partial charge in [-0.3, -0.25) is 14.8 Å². The lowest BCUT2D eigenvalue weighted by atomic mass is 10.1. The number of ether oxygens (including phenoxy) is 1. The van der Waals surface area contributed by atoms with Crippen molar-refractivity contribution in [3.8, 4) is 5.75 Å². The average Bonchev–Trinajstić information content (AvgIpc) is 2.92. The molecule has 0 spiro atoms. The van der Waals surface area contributed by atoms with Crippen LogP contribution in [0.5, 0.6) is 5.75 Å². The fraction of sp³-hybridized carbons (Fsp3) is 0.133. The van der Waals surface area contributed by atoms with Crippen LogP contribution in [0.25, 0.3) is 0 Å². The van der Waals surface area contributed by atoms with Crippen LogP contribution in [0.2, 0.25) is 0 Å². The minimum absolute atomic E-state index is 0.0772. The Kier molecular flexibility index (Phi) is 9.57. The Labute approximate surface area is 248 Å². The Bertz CT molecular complexity index is 1630. The molecule has 4 rings (SSSR count). The predicted molar refractivity (Wildman–Crippen MR) is 167 cm³/mol. The van der Waals surface area contributed by atoms with E-state index in [2.05, 4.69) is 31.3 Å². The zero-order chi connectivity index (χ0) is 28.7. The van der Waals surface area contributed by atoms with Gasteiger partial charge in [0, 0.05) is 17.7 Å². The van der Waals surface area contributed by atoms with E-state index in [0.29, 0.717) is 33.8 Å². The number of aryl methyl sites for hydroxylation is 2. The lowest BCUT2D eigenvalue weighted by Crippen LogP contribution is -2.34. The summed E-state index contributed by atoms with van der Waals surface area (Å²) >= 11 is 8.75. The minimum atomic E-state index is -3.77. The first-order chi connectivity index (χ1) is 19.1. The van der Waals surface area contributed by atoms with Crippen molar-refractivity contribution in [1.29, 1.82) is 0 Å². The maximum atomic E-state index is 12.8. The maximum absolute atomic E-state index is 12.8. The van der Waals surface area contributed by atoms with Crippen LogP contribution in [0.15, 0.2) is 100 Å². The maximum Gasteiger partial charge on any atom is 0.261 e. The zero-order valence-electron chi connectivity index (χ0n) is 21.9. The largest absolute Gasteiger partial charge is 0.492 e. The van der Waals surface area contributed by atoms with Crippen molar-refractivity contribution in [1.82, 2.24) is 5.32 Å². The molecule has 0 bridgehead atoms. The summed E-state index contributed by atoms with van der Waals surface area (Å²) in [5.74, 6) is 0.237. The summed E-state index contributed by atoms with van der Waals surface area (Å²) in [7, 11) is -3.77. The fourth-order valence-electron chi connectivity index (χ4n) is 3.87. The Morgan fingerprint density at radius 1 is 0.925 bits per heavy atom. The summed E-state index contributed by atoms with van der Waals surface area (Å²) in [5, 5.41) is 5.61. The number of benzene rings is 4. The summed E-state index contributed by atoms with van der Waals surface area (Å²) in [4.78, 5) is 12.8. The topological polar surface area (TPSA) is 96.5 Å². The van der Waals surface area contributed by atoms with E-state index >= 15 is 0 Å². The molecular weight excluding hydrogens is 610 g/mol. The first kappa shape index (κ1) is 29.3.